The van der Waals surface area contributed by atoms with Crippen molar-refractivity contribution in [3.63, 3.8) is 0 Å². The molecular weight excluding hydrogens is 254 g/mol. The lowest BCUT2D eigenvalue weighted by atomic mass is 9.95. The molecule has 6 nitrogen and oxygen atoms in total. The van der Waals surface area contributed by atoms with Crippen LogP contribution >= 0.6 is 11.6 Å². The van der Waals surface area contributed by atoms with Crippen molar-refractivity contribution in [2.45, 2.75) is 39.2 Å². The average Bonchev–Trinajstić information content (AvgIpc) is 2.28. The average molecular weight is 274 g/mol. The third-order valence-corrected chi connectivity index (χ3v) is 2.97. The molecule has 0 aliphatic rings. The van der Waals surface area contributed by atoms with E-state index in [1.807, 2.05) is 20.8 Å². The Bertz CT molecular complexity index is 390. The van der Waals surface area contributed by atoms with Crippen molar-refractivity contribution in [3.05, 3.63) is 5.28 Å². The number of aromatic nitrogens is 3. The number of aliphatic hydroxyl groups excluding tert-OH is 1. The smallest absolute Gasteiger partial charge is 0.229 e. The first kappa shape index (κ1) is 14.9. The zero-order chi connectivity index (χ0) is 13.6. The second-order valence-electron chi connectivity index (χ2n) is 4.29. The van der Waals surface area contributed by atoms with Gasteiger partial charge >= 0.3 is 0 Å². The van der Waals surface area contributed by atoms with Crippen LogP contribution in [0.25, 0.3) is 0 Å². The van der Waals surface area contributed by atoms with Crippen LogP contribution in [0.3, 0.4) is 0 Å². The number of nitrogens with one attached hydrogen (secondary N) is 2. The van der Waals surface area contributed by atoms with Crippen molar-refractivity contribution >= 4 is 23.5 Å². The Hall–Kier alpha value is -1.14. The van der Waals surface area contributed by atoms with E-state index in [1.165, 1.54) is 0 Å². The number of hydrogen-bond acceptors (Lipinski definition) is 6. The van der Waals surface area contributed by atoms with Crippen LogP contribution in [0.4, 0.5) is 11.9 Å². The van der Waals surface area contributed by atoms with E-state index in [4.69, 9.17) is 16.7 Å². The number of hydrogen-bond donors (Lipinski definition) is 3. The number of anilines is 2. The molecule has 1 unspecified atom stereocenters. The summed E-state index contributed by atoms with van der Waals surface area (Å²) in [5.41, 5.74) is -0.261. The summed E-state index contributed by atoms with van der Waals surface area (Å²) in [6.07, 6.45) is 1.46. The number of rotatable bonds is 7. The van der Waals surface area contributed by atoms with Crippen LogP contribution in [0.5, 0.6) is 0 Å². The Morgan fingerprint density at radius 1 is 1.22 bits per heavy atom. The molecule has 0 aliphatic heterocycles. The van der Waals surface area contributed by atoms with Crippen molar-refractivity contribution in [3.8, 4) is 0 Å². The van der Waals surface area contributed by atoms with E-state index in [1.54, 1.807) is 0 Å². The molecule has 1 atom stereocenters. The zero-order valence-corrected chi connectivity index (χ0v) is 11.8. The van der Waals surface area contributed by atoms with Crippen molar-refractivity contribution in [2.75, 3.05) is 23.8 Å². The molecule has 1 rings (SSSR count). The van der Waals surface area contributed by atoms with Gasteiger partial charge in [0.25, 0.3) is 0 Å². The van der Waals surface area contributed by atoms with Crippen LogP contribution in [0, 0.1) is 0 Å². The molecular formula is C11H20ClN5O. The summed E-state index contributed by atoms with van der Waals surface area (Å²) in [4.78, 5) is 12.2. The molecule has 1 aromatic rings. The first-order valence-electron chi connectivity index (χ1n) is 6.07. The molecule has 0 aromatic carbocycles. The Kier molecular flexibility index (Phi) is 5.55. The molecule has 0 radical (unpaired) electrons. The molecule has 0 bridgehead atoms. The van der Waals surface area contributed by atoms with Gasteiger partial charge in [0.2, 0.25) is 17.2 Å². The second-order valence-corrected chi connectivity index (χ2v) is 4.63. The van der Waals surface area contributed by atoms with Gasteiger partial charge in [-0.25, -0.2) is 0 Å². The van der Waals surface area contributed by atoms with Crippen LogP contribution in [0.1, 0.15) is 33.6 Å². The lowest BCUT2D eigenvalue weighted by Gasteiger charge is -2.28. The fourth-order valence-electron chi connectivity index (χ4n) is 1.49. The quantitative estimate of drug-likeness (QED) is 0.704. The van der Waals surface area contributed by atoms with Gasteiger partial charge in [-0.3, -0.25) is 0 Å². The van der Waals surface area contributed by atoms with E-state index in [0.29, 0.717) is 24.9 Å². The topological polar surface area (TPSA) is 83.0 Å². The van der Waals surface area contributed by atoms with Gasteiger partial charge in [0.15, 0.2) is 0 Å². The van der Waals surface area contributed by atoms with E-state index in [9.17, 15) is 0 Å². The Morgan fingerprint density at radius 2 is 1.89 bits per heavy atom. The summed E-state index contributed by atoms with van der Waals surface area (Å²) in [6.45, 7) is 6.81. The molecule has 3 N–H and O–H groups in total. The Balaban J connectivity index is 2.88. The van der Waals surface area contributed by atoms with Gasteiger partial charge in [-0.15, -0.1) is 0 Å². The normalized spacial score (nSPS) is 14.1. The lowest BCUT2D eigenvalue weighted by molar-refractivity contribution is 0.251. The monoisotopic (exact) mass is 273 g/mol. The molecule has 0 amide bonds. The van der Waals surface area contributed by atoms with Crippen LogP contribution in [-0.2, 0) is 0 Å². The molecule has 7 heteroatoms. The highest BCUT2D eigenvalue weighted by Crippen LogP contribution is 2.20. The summed E-state index contributed by atoms with van der Waals surface area (Å²) in [5, 5.41) is 15.4. The van der Waals surface area contributed by atoms with Gasteiger partial charge in [-0.1, -0.05) is 6.92 Å². The van der Waals surface area contributed by atoms with Crippen LogP contribution < -0.4 is 10.6 Å². The van der Waals surface area contributed by atoms with Crippen LogP contribution in [0.2, 0.25) is 5.28 Å². The predicted molar refractivity (Wildman–Crippen MR) is 73.0 cm³/mol. The number of nitrogens with zero attached hydrogens (tertiary/aromatic N) is 3. The molecule has 1 aromatic heterocycles. The highest BCUT2D eigenvalue weighted by Gasteiger charge is 2.22. The van der Waals surface area contributed by atoms with Gasteiger partial charge in [-0.05, 0) is 38.3 Å². The SMILES string of the molecule is CCNc1nc(Cl)nc(NC(C)(CC)CCO)n1. The van der Waals surface area contributed by atoms with E-state index >= 15 is 0 Å². The van der Waals surface area contributed by atoms with Crippen molar-refractivity contribution in [1.82, 2.24) is 15.0 Å². The molecule has 0 saturated carbocycles. The third-order valence-electron chi connectivity index (χ3n) is 2.80. The molecule has 0 saturated heterocycles. The maximum atomic E-state index is 9.07. The first-order chi connectivity index (χ1) is 8.53. The van der Waals surface area contributed by atoms with E-state index < -0.39 is 0 Å². The maximum absolute atomic E-state index is 9.07. The van der Waals surface area contributed by atoms with Crippen LogP contribution in [-0.4, -0.2) is 38.7 Å². The summed E-state index contributed by atoms with van der Waals surface area (Å²) in [7, 11) is 0. The van der Waals surface area contributed by atoms with Crippen LogP contribution in [0.15, 0.2) is 0 Å². The van der Waals surface area contributed by atoms with Crippen molar-refractivity contribution < 1.29 is 5.11 Å². The molecule has 102 valence electrons. The molecule has 0 aliphatic carbocycles. The largest absolute Gasteiger partial charge is 0.396 e. The summed E-state index contributed by atoms with van der Waals surface area (Å²) >= 11 is 5.84. The molecule has 18 heavy (non-hydrogen) atoms. The Labute approximate surface area is 112 Å². The van der Waals surface area contributed by atoms with Gasteiger partial charge < -0.3 is 15.7 Å². The predicted octanol–water partition coefficient (Wildman–Crippen LogP) is 1.92. The highest BCUT2D eigenvalue weighted by molar-refractivity contribution is 6.28. The molecule has 0 spiro atoms. The summed E-state index contributed by atoms with van der Waals surface area (Å²) in [6, 6.07) is 0. The third kappa shape index (κ3) is 4.27. The minimum Gasteiger partial charge on any atom is -0.396 e. The van der Waals surface area contributed by atoms with E-state index in [2.05, 4.69) is 25.6 Å². The van der Waals surface area contributed by atoms with Gasteiger partial charge in [-0.2, -0.15) is 15.0 Å². The molecule has 1 heterocycles. The first-order valence-corrected chi connectivity index (χ1v) is 6.45. The standard InChI is InChI=1S/C11H20ClN5O/c1-4-11(3,6-7-18)17-10-15-8(12)14-9(16-10)13-5-2/h18H,4-7H2,1-3H3,(H2,13,14,15,16,17). The fourth-order valence-corrected chi connectivity index (χ4v) is 1.65. The van der Waals surface area contributed by atoms with E-state index in [0.717, 1.165) is 6.42 Å². The highest BCUT2D eigenvalue weighted by atomic mass is 35.5. The second kappa shape index (κ2) is 6.70. The number of halogens is 1. The minimum absolute atomic E-state index is 0.107. The van der Waals surface area contributed by atoms with Crippen molar-refractivity contribution in [1.29, 1.82) is 0 Å². The summed E-state index contributed by atoms with van der Waals surface area (Å²) < 4.78 is 0. The van der Waals surface area contributed by atoms with Gasteiger partial charge in [0.05, 0.1) is 0 Å². The van der Waals surface area contributed by atoms with Gasteiger partial charge in [0.1, 0.15) is 0 Å². The number of aliphatic hydroxyl groups is 1. The van der Waals surface area contributed by atoms with E-state index in [-0.39, 0.29) is 17.4 Å². The van der Waals surface area contributed by atoms with Gasteiger partial charge in [0, 0.05) is 18.7 Å². The summed E-state index contributed by atoms with van der Waals surface area (Å²) in [5.74, 6) is 0.867. The maximum Gasteiger partial charge on any atom is 0.229 e. The fraction of sp³-hybridized carbons (Fsp3) is 0.727. The molecule has 0 fully saturated rings. The Morgan fingerprint density at radius 3 is 2.44 bits per heavy atom. The zero-order valence-electron chi connectivity index (χ0n) is 11.0. The lowest BCUT2D eigenvalue weighted by Crippen LogP contribution is -2.36. The van der Waals surface area contributed by atoms with Crippen molar-refractivity contribution in [2.24, 2.45) is 0 Å². The minimum atomic E-state index is -0.261.